The highest BCUT2D eigenvalue weighted by molar-refractivity contribution is 7.86. The van der Waals surface area contributed by atoms with E-state index in [4.69, 9.17) is 0 Å². The standard InChI is InChI=1S/C15H17F3O3S/c1-4-11(5-2)14(13(16)15(17)18)21-22(19,20)12-8-6-10(3)7-9-12/h4,6-9,15H,5H2,1-3H3/b11-4+,14-13-. The molecule has 22 heavy (non-hydrogen) atoms. The van der Waals surface area contributed by atoms with Crippen molar-refractivity contribution in [2.24, 2.45) is 0 Å². The zero-order valence-electron chi connectivity index (χ0n) is 12.4. The lowest BCUT2D eigenvalue weighted by Crippen LogP contribution is -2.11. The summed E-state index contributed by atoms with van der Waals surface area (Å²) in [6, 6.07) is 5.59. The normalized spacial score (nSPS) is 14.0. The molecular weight excluding hydrogens is 317 g/mol. The first-order chi connectivity index (χ1) is 10.2. The van der Waals surface area contributed by atoms with Gasteiger partial charge in [0, 0.05) is 0 Å². The molecule has 0 spiro atoms. The van der Waals surface area contributed by atoms with Gasteiger partial charge < -0.3 is 4.18 Å². The Bertz CT molecular complexity index is 674. The summed E-state index contributed by atoms with van der Waals surface area (Å²) in [6.07, 6.45) is -1.97. The lowest BCUT2D eigenvalue weighted by Gasteiger charge is -2.14. The van der Waals surface area contributed by atoms with E-state index >= 15 is 0 Å². The maximum atomic E-state index is 13.6. The van der Waals surface area contributed by atoms with Crippen molar-refractivity contribution in [1.29, 1.82) is 0 Å². The van der Waals surface area contributed by atoms with E-state index in [9.17, 15) is 21.6 Å². The first-order valence-corrected chi connectivity index (χ1v) is 7.98. The molecule has 1 aromatic carbocycles. The molecular formula is C15H17F3O3S. The van der Waals surface area contributed by atoms with E-state index in [1.807, 2.05) is 0 Å². The van der Waals surface area contributed by atoms with Crippen LogP contribution in [0.3, 0.4) is 0 Å². The van der Waals surface area contributed by atoms with E-state index in [1.54, 1.807) is 13.8 Å². The molecule has 0 N–H and O–H groups in total. The van der Waals surface area contributed by atoms with Gasteiger partial charge in [-0.05, 0) is 38.0 Å². The number of alkyl halides is 2. The molecule has 0 saturated heterocycles. The molecule has 3 nitrogen and oxygen atoms in total. The van der Waals surface area contributed by atoms with E-state index < -0.39 is 28.1 Å². The van der Waals surface area contributed by atoms with Crippen molar-refractivity contribution in [3.63, 3.8) is 0 Å². The number of hydrogen-bond acceptors (Lipinski definition) is 3. The van der Waals surface area contributed by atoms with Crippen molar-refractivity contribution in [2.75, 3.05) is 0 Å². The second-order valence-electron chi connectivity index (χ2n) is 4.50. The van der Waals surface area contributed by atoms with Crippen LogP contribution in [-0.4, -0.2) is 14.8 Å². The molecule has 0 aliphatic heterocycles. The number of halogens is 3. The Morgan fingerprint density at radius 2 is 1.82 bits per heavy atom. The Hall–Kier alpha value is -1.76. The molecule has 0 aliphatic carbocycles. The van der Waals surface area contributed by atoms with E-state index in [0.29, 0.717) is 0 Å². The Morgan fingerprint density at radius 1 is 1.27 bits per heavy atom. The maximum Gasteiger partial charge on any atom is 0.339 e. The molecule has 0 fully saturated rings. The number of hydrogen-bond donors (Lipinski definition) is 0. The van der Waals surface area contributed by atoms with E-state index in [2.05, 4.69) is 4.18 Å². The molecule has 0 saturated carbocycles. The zero-order valence-corrected chi connectivity index (χ0v) is 13.3. The highest BCUT2D eigenvalue weighted by atomic mass is 32.2. The quantitative estimate of drug-likeness (QED) is 0.437. The van der Waals surface area contributed by atoms with Gasteiger partial charge in [-0.25, -0.2) is 13.2 Å². The predicted octanol–water partition coefficient (Wildman–Crippen LogP) is 4.50. The van der Waals surface area contributed by atoms with Crippen molar-refractivity contribution in [2.45, 2.75) is 38.5 Å². The van der Waals surface area contributed by atoms with Crippen LogP contribution in [0, 0.1) is 6.92 Å². The summed E-state index contributed by atoms with van der Waals surface area (Å²) < 4.78 is 67.7. The zero-order chi connectivity index (χ0) is 16.9. The van der Waals surface area contributed by atoms with Crippen molar-refractivity contribution >= 4 is 10.1 Å². The van der Waals surface area contributed by atoms with E-state index in [1.165, 1.54) is 37.3 Å². The van der Waals surface area contributed by atoms with Crippen LogP contribution in [-0.2, 0) is 14.3 Å². The van der Waals surface area contributed by atoms with Gasteiger partial charge in [-0.3, -0.25) is 0 Å². The number of rotatable bonds is 6. The van der Waals surface area contributed by atoms with Crippen LogP contribution in [0.5, 0.6) is 0 Å². The second-order valence-corrected chi connectivity index (χ2v) is 6.04. The summed E-state index contributed by atoms with van der Waals surface area (Å²) in [5.74, 6) is -2.84. The molecule has 0 bridgehead atoms. The molecule has 0 radical (unpaired) electrons. The minimum Gasteiger partial charge on any atom is -0.376 e. The fourth-order valence-corrected chi connectivity index (χ4v) is 2.68. The molecule has 0 aliphatic rings. The SMILES string of the molecule is C/C=C(CC)/C(OS(=O)(=O)c1ccc(C)cc1)=C(/F)C(F)F. The smallest absolute Gasteiger partial charge is 0.339 e. The van der Waals surface area contributed by atoms with Crippen LogP contribution >= 0.6 is 0 Å². The number of benzene rings is 1. The number of allylic oxidation sites excluding steroid dienone is 3. The number of aryl methyl sites for hydroxylation is 1. The molecule has 1 rings (SSSR count). The first-order valence-electron chi connectivity index (χ1n) is 6.57. The summed E-state index contributed by atoms with van der Waals surface area (Å²) >= 11 is 0. The Balaban J connectivity index is 3.30. The molecule has 1 aromatic rings. The second kappa shape index (κ2) is 7.49. The molecule has 0 aromatic heterocycles. The average Bonchev–Trinajstić information content (AvgIpc) is 2.46. The van der Waals surface area contributed by atoms with Gasteiger partial charge in [0.2, 0.25) is 5.83 Å². The molecule has 0 heterocycles. The minimum atomic E-state index is -4.39. The van der Waals surface area contributed by atoms with Crippen LogP contribution in [0.25, 0.3) is 0 Å². The summed E-state index contributed by atoms with van der Waals surface area (Å²) in [5, 5.41) is 0. The third-order valence-electron chi connectivity index (χ3n) is 2.93. The molecule has 122 valence electrons. The van der Waals surface area contributed by atoms with Crippen LogP contribution in [0.1, 0.15) is 25.8 Å². The Labute approximate surface area is 128 Å². The van der Waals surface area contributed by atoms with Gasteiger partial charge in [0.25, 0.3) is 6.43 Å². The average molecular weight is 334 g/mol. The first kappa shape index (κ1) is 18.3. The Kier molecular flexibility index (Phi) is 6.22. The molecule has 0 unspecified atom stereocenters. The molecule has 0 amide bonds. The minimum absolute atomic E-state index is 0.0495. The van der Waals surface area contributed by atoms with Gasteiger partial charge in [-0.1, -0.05) is 30.7 Å². The fourth-order valence-electron chi connectivity index (χ4n) is 1.70. The van der Waals surface area contributed by atoms with Gasteiger partial charge in [0.05, 0.1) is 0 Å². The monoisotopic (exact) mass is 334 g/mol. The van der Waals surface area contributed by atoms with Crippen LogP contribution < -0.4 is 0 Å². The van der Waals surface area contributed by atoms with Crippen molar-refractivity contribution in [3.05, 3.63) is 53.1 Å². The van der Waals surface area contributed by atoms with Crippen LogP contribution in [0.15, 0.2) is 52.4 Å². The van der Waals surface area contributed by atoms with Crippen LogP contribution in [0.4, 0.5) is 13.2 Å². The van der Waals surface area contributed by atoms with E-state index in [-0.39, 0.29) is 16.9 Å². The summed E-state index contributed by atoms with van der Waals surface area (Å²) in [5.41, 5.74) is 0.865. The van der Waals surface area contributed by atoms with Gasteiger partial charge in [0.15, 0.2) is 5.76 Å². The lowest BCUT2D eigenvalue weighted by molar-refractivity contribution is 0.150. The lowest BCUT2D eigenvalue weighted by atomic mass is 10.1. The molecule has 7 heteroatoms. The Morgan fingerprint density at radius 3 is 2.23 bits per heavy atom. The largest absolute Gasteiger partial charge is 0.376 e. The van der Waals surface area contributed by atoms with Gasteiger partial charge in [-0.15, -0.1) is 0 Å². The molecule has 0 atom stereocenters. The van der Waals surface area contributed by atoms with E-state index in [0.717, 1.165) is 5.56 Å². The third-order valence-corrected chi connectivity index (χ3v) is 4.17. The third kappa shape index (κ3) is 4.37. The highest BCUT2D eigenvalue weighted by Gasteiger charge is 2.26. The summed E-state index contributed by atoms with van der Waals surface area (Å²) in [6.45, 7) is 4.82. The van der Waals surface area contributed by atoms with Crippen molar-refractivity contribution in [1.82, 2.24) is 0 Å². The van der Waals surface area contributed by atoms with Crippen LogP contribution in [0.2, 0.25) is 0 Å². The van der Waals surface area contributed by atoms with Gasteiger partial charge in [0.1, 0.15) is 4.90 Å². The topological polar surface area (TPSA) is 43.4 Å². The fraction of sp³-hybridized carbons (Fsp3) is 0.333. The van der Waals surface area contributed by atoms with Gasteiger partial charge >= 0.3 is 10.1 Å². The van der Waals surface area contributed by atoms with Gasteiger partial charge in [-0.2, -0.15) is 8.42 Å². The van der Waals surface area contributed by atoms with Crippen molar-refractivity contribution in [3.8, 4) is 0 Å². The predicted molar refractivity (Wildman–Crippen MR) is 77.6 cm³/mol. The summed E-state index contributed by atoms with van der Waals surface area (Å²) in [4.78, 5) is -0.232. The summed E-state index contributed by atoms with van der Waals surface area (Å²) in [7, 11) is -4.39. The highest BCUT2D eigenvalue weighted by Crippen LogP contribution is 2.28. The maximum absolute atomic E-state index is 13.6. The van der Waals surface area contributed by atoms with Crippen molar-refractivity contribution < 1.29 is 25.8 Å².